The number of nitro groups is 1. The van der Waals surface area contributed by atoms with Gasteiger partial charge in [0.05, 0.1) is 17.4 Å². The van der Waals surface area contributed by atoms with E-state index in [1.807, 2.05) is 4.72 Å². The first kappa shape index (κ1) is 20.7. The van der Waals surface area contributed by atoms with Crippen LogP contribution < -0.4 is 4.72 Å². The van der Waals surface area contributed by atoms with E-state index in [2.05, 4.69) is 4.74 Å². The molecule has 0 bridgehead atoms. The molecule has 27 heavy (non-hydrogen) atoms. The van der Waals surface area contributed by atoms with Crippen molar-refractivity contribution in [3.63, 3.8) is 0 Å². The standard InChI is InChI=1S/C16H14ClFN2O6S/c1-26-16(21)15(14(17)10-6-8-11(18)9-7-10)19-27(24,25)13-5-3-2-4-12(13)20(22)23/h2-9,14-15,19H,1H3/t14-,15-/m0/s1. The molecule has 11 heteroatoms. The number of nitro benzene ring substituents is 1. The molecule has 0 unspecified atom stereocenters. The molecule has 1 N–H and O–H groups in total. The topological polar surface area (TPSA) is 116 Å². The summed E-state index contributed by atoms with van der Waals surface area (Å²) in [5.74, 6) is -1.56. The molecule has 0 aliphatic carbocycles. The number of hydrogen-bond acceptors (Lipinski definition) is 6. The van der Waals surface area contributed by atoms with Crippen LogP contribution in [0.1, 0.15) is 10.9 Å². The van der Waals surface area contributed by atoms with E-state index in [0.29, 0.717) is 0 Å². The number of methoxy groups -OCH3 is 1. The van der Waals surface area contributed by atoms with Gasteiger partial charge in [0.1, 0.15) is 11.9 Å². The molecule has 0 saturated heterocycles. The molecule has 0 fully saturated rings. The molecule has 0 amide bonds. The summed E-state index contributed by atoms with van der Waals surface area (Å²) in [4.78, 5) is 21.7. The highest BCUT2D eigenvalue weighted by Gasteiger charge is 2.36. The number of carbonyl (C=O) groups excluding carboxylic acids is 1. The first-order valence-corrected chi connectivity index (χ1v) is 9.32. The largest absolute Gasteiger partial charge is 0.468 e. The van der Waals surface area contributed by atoms with Gasteiger partial charge in [0.2, 0.25) is 10.0 Å². The number of ether oxygens (including phenoxy) is 1. The molecule has 8 nitrogen and oxygen atoms in total. The van der Waals surface area contributed by atoms with Crippen molar-refractivity contribution in [2.75, 3.05) is 7.11 Å². The van der Waals surface area contributed by atoms with Crippen LogP contribution in [0.15, 0.2) is 53.4 Å². The maximum atomic E-state index is 13.1. The van der Waals surface area contributed by atoms with Gasteiger partial charge in [0.15, 0.2) is 4.90 Å². The summed E-state index contributed by atoms with van der Waals surface area (Å²) >= 11 is 6.21. The van der Waals surface area contributed by atoms with Crippen LogP contribution >= 0.6 is 11.6 Å². The van der Waals surface area contributed by atoms with Gasteiger partial charge in [-0.05, 0) is 23.8 Å². The van der Waals surface area contributed by atoms with Gasteiger partial charge in [-0.15, -0.1) is 11.6 Å². The van der Waals surface area contributed by atoms with Crippen LogP contribution in [0.3, 0.4) is 0 Å². The van der Waals surface area contributed by atoms with Crippen molar-refractivity contribution in [2.24, 2.45) is 0 Å². The Kier molecular flexibility index (Phi) is 6.47. The lowest BCUT2D eigenvalue weighted by atomic mass is 10.1. The second kappa shape index (κ2) is 8.42. The van der Waals surface area contributed by atoms with Crippen LogP contribution in [0.5, 0.6) is 0 Å². The molecule has 144 valence electrons. The normalized spacial score (nSPS) is 13.6. The van der Waals surface area contributed by atoms with Crippen LogP contribution in [-0.4, -0.2) is 32.5 Å². The van der Waals surface area contributed by atoms with E-state index in [4.69, 9.17) is 11.6 Å². The third-order valence-corrected chi connectivity index (χ3v) is 5.56. The van der Waals surface area contributed by atoms with Crippen molar-refractivity contribution >= 4 is 33.3 Å². The first-order valence-electron chi connectivity index (χ1n) is 7.40. The highest BCUT2D eigenvalue weighted by Crippen LogP contribution is 2.28. The van der Waals surface area contributed by atoms with Crippen LogP contribution in [0.4, 0.5) is 10.1 Å². The van der Waals surface area contributed by atoms with Crippen LogP contribution in [0, 0.1) is 15.9 Å². The zero-order valence-corrected chi connectivity index (χ0v) is 15.4. The molecule has 0 saturated carbocycles. The summed E-state index contributed by atoms with van der Waals surface area (Å²) < 4.78 is 45.0. The number of hydrogen-bond donors (Lipinski definition) is 1. The third-order valence-electron chi connectivity index (χ3n) is 3.57. The van der Waals surface area contributed by atoms with Gasteiger partial charge in [-0.1, -0.05) is 24.3 Å². The molecule has 2 atom stereocenters. The van der Waals surface area contributed by atoms with E-state index < -0.39 is 48.7 Å². The number of benzene rings is 2. The van der Waals surface area contributed by atoms with Gasteiger partial charge < -0.3 is 4.74 Å². The number of esters is 1. The van der Waals surface area contributed by atoms with E-state index in [-0.39, 0.29) is 5.56 Å². The van der Waals surface area contributed by atoms with Gasteiger partial charge >= 0.3 is 5.97 Å². The van der Waals surface area contributed by atoms with Crippen molar-refractivity contribution in [2.45, 2.75) is 16.3 Å². The van der Waals surface area contributed by atoms with Gasteiger partial charge in [-0.25, -0.2) is 12.8 Å². The summed E-state index contributed by atoms with van der Waals surface area (Å²) in [6, 6.07) is 7.78. The van der Waals surface area contributed by atoms with Gasteiger partial charge in [0, 0.05) is 6.07 Å². The molecule has 2 rings (SSSR count). The Balaban J connectivity index is 2.42. The molecular formula is C16H14ClFN2O6S. The second-order valence-electron chi connectivity index (χ2n) is 5.30. The Morgan fingerprint density at radius 2 is 1.81 bits per heavy atom. The summed E-state index contributed by atoms with van der Waals surface area (Å²) in [7, 11) is -3.47. The highest BCUT2D eigenvalue weighted by molar-refractivity contribution is 7.89. The van der Waals surface area contributed by atoms with E-state index in [9.17, 15) is 27.7 Å². The van der Waals surface area contributed by atoms with Crippen LogP contribution in [0.25, 0.3) is 0 Å². The summed E-state index contributed by atoms with van der Waals surface area (Å²) in [6.45, 7) is 0. The summed E-state index contributed by atoms with van der Waals surface area (Å²) in [5, 5.41) is 9.84. The molecule has 0 heterocycles. The van der Waals surface area contributed by atoms with E-state index in [1.54, 1.807) is 0 Å². The monoisotopic (exact) mass is 416 g/mol. The van der Waals surface area contributed by atoms with Crippen molar-refractivity contribution in [1.82, 2.24) is 4.72 Å². The Labute approximate surface area is 159 Å². The quantitative estimate of drug-likeness (QED) is 0.321. The second-order valence-corrected chi connectivity index (χ2v) is 7.45. The zero-order valence-electron chi connectivity index (χ0n) is 13.8. The maximum Gasteiger partial charge on any atom is 0.325 e. The number of rotatable bonds is 7. The molecule has 0 aliphatic rings. The minimum absolute atomic E-state index is 0.249. The number of nitrogens with one attached hydrogen (secondary N) is 1. The number of alkyl halides is 1. The molecule has 0 aromatic heterocycles. The predicted octanol–water partition coefficient (Wildman–Crippen LogP) is 2.53. The van der Waals surface area contributed by atoms with Gasteiger partial charge in [-0.3, -0.25) is 14.9 Å². The minimum Gasteiger partial charge on any atom is -0.468 e. The lowest BCUT2D eigenvalue weighted by Gasteiger charge is -2.21. The number of halogens is 2. The molecule has 2 aromatic rings. The Bertz CT molecular complexity index is 952. The highest BCUT2D eigenvalue weighted by atomic mass is 35.5. The number of carbonyl (C=O) groups is 1. The fourth-order valence-corrected chi connectivity index (χ4v) is 4.01. The molecule has 2 aromatic carbocycles. The Morgan fingerprint density at radius 3 is 2.37 bits per heavy atom. The molecular weight excluding hydrogens is 403 g/mol. The van der Waals surface area contributed by atoms with E-state index in [1.165, 1.54) is 24.3 Å². The van der Waals surface area contributed by atoms with E-state index >= 15 is 0 Å². The third kappa shape index (κ3) is 4.79. The Hall–Kier alpha value is -2.56. The molecule has 0 radical (unpaired) electrons. The fourth-order valence-electron chi connectivity index (χ4n) is 2.26. The summed E-state index contributed by atoms with van der Waals surface area (Å²) in [5.41, 5.74) is -0.416. The average Bonchev–Trinajstić information content (AvgIpc) is 2.65. The smallest absolute Gasteiger partial charge is 0.325 e. The minimum atomic E-state index is -4.50. The summed E-state index contributed by atoms with van der Waals surface area (Å²) in [6.07, 6.45) is 0. The fraction of sp³-hybridized carbons (Fsp3) is 0.188. The molecule has 0 aliphatic heterocycles. The predicted molar refractivity (Wildman–Crippen MR) is 94.2 cm³/mol. The van der Waals surface area contributed by atoms with Crippen LogP contribution in [0.2, 0.25) is 0 Å². The molecule has 0 spiro atoms. The zero-order chi connectivity index (χ0) is 20.2. The number of nitrogens with zero attached hydrogens (tertiary/aromatic N) is 1. The van der Waals surface area contributed by atoms with Crippen molar-refractivity contribution in [3.05, 3.63) is 70.0 Å². The van der Waals surface area contributed by atoms with Crippen LogP contribution in [-0.2, 0) is 19.6 Å². The first-order chi connectivity index (χ1) is 12.7. The SMILES string of the molecule is COC(=O)[C@@H](NS(=O)(=O)c1ccccc1[N+](=O)[O-])[C@@H](Cl)c1ccc(F)cc1. The number of sulfonamides is 1. The lowest BCUT2D eigenvalue weighted by molar-refractivity contribution is -0.387. The van der Waals surface area contributed by atoms with Gasteiger partial charge in [0.25, 0.3) is 5.69 Å². The maximum absolute atomic E-state index is 13.1. The van der Waals surface area contributed by atoms with Crippen molar-refractivity contribution in [1.29, 1.82) is 0 Å². The number of para-hydroxylation sites is 1. The average molecular weight is 417 g/mol. The Morgan fingerprint density at radius 1 is 1.22 bits per heavy atom. The lowest BCUT2D eigenvalue weighted by Crippen LogP contribution is -2.44. The van der Waals surface area contributed by atoms with Gasteiger partial charge in [-0.2, -0.15) is 4.72 Å². The van der Waals surface area contributed by atoms with E-state index in [0.717, 1.165) is 31.4 Å². The van der Waals surface area contributed by atoms with Crippen molar-refractivity contribution < 1.29 is 27.3 Å². The van der Waals surface area contributed by atoms with Crippen molar-refractivity contribution in [3.8, 4) is 0 Å².